The number of phenolic OH excluding ortho intramolecular Hbond substituents is 1. The van der Waals surface area contributed by atoms with E-state index < -0.39 is 11.9 Å². The number of aliphatic hydroxyl groups excluding tert-OH is 1. The summed E-state index contributed by atoms with van der Waals surface area (Å²) >= 11 is 0. The molecule has 1 heterocycles. The molecule has 0 aliphatic carbocycles. The summed E-state index contributed by atoms with van der Waals surface area (Å²) in [5.41, 5.74) is 4.19. The fourth-order valence-electron chi connectivity index (χ4n) is 4.43. The summed E-state index contributed by atoms with van der Waals surface area (Å²) < 4.78 is 0. The van der Waals surface area contributed by atoms with Gasteiger partial charge >= 0.3 is 0 Å². The molecule has 1 aromatic rings. The van der Waals surface area contributed by atoms with Crippen molar-refractivity contribution in [3.63, 3.8) is 0 Å². The SMILES string of the molecule is CC#CC1/C=C(/O)C/C=C\CN(C(C)=O)c2c(O)cccc2C(=O)N1C/C=C(\C)CC/C=C(\C)CCC=C(C)C. The van der Waals surface area contributed by atoms with E-state index in [-0.39, 0.29) is 48.2 Å². The number of hydrogen-bond acceptors (Lipinski definition) is 4. The predicted octanol–water partition coefficient (Wildman–Crippen LogP) is 7.40. The number of hydrogen-bond donors (Lipinski definition) is 2. The van der Waals surface area contributed by atoms with E-state index >= 15 is 0 Å². The van der Waals surface area contributed by atoms with Crippen molar-refractivity contribution in [2.75, 3.05) is 18.0 Å². The number of amides is 2. The molecule has 0 spiro atoms. The molecule has 2 rings (SSSR count). The lowest BCUT2D eigenvalue weighted by molar-refractivity contribution is -0.116. The average molecular weight is 545 g/mol. The Kier molecular flexibility index (Phi) is 13.1. The lowest BCUT2D eigenvalue weighted by atomic mass is 10.0. The first kappa shape index (κ1) is 32.2. The maximum Gasteiger partial charge on any atom is 0.257 e. The first-order valence-electron chi connectivity index (χ1n) is 13.9. The van der Waals surface area contributed by atoms with Crippen LogP contribution in [0.3, 0.4) is 0 Å². The number of aliphatic hydroxyl groups is 1. The number of carbonyl (C=O) groups is 2. The van der Waals surface area contributed by atoms with Crippen molar-refractivity contribution in [3.05, 3.63) is 82.7 Å². The van der Waals surface area contributed by atoms with E-state index in [1.165, 1.54) is 29.0 Å². The lowest BCUT2D eigenvalue weighted by Crippen LogP contribution is -2.40. The molecule has 6 nitrogen and oxygen atoms in total. The van der Waals surface area contributed by atoms with Crippen LogP contribution in [0.25, 0.3) is 0 Å². The van der Waals surface area contributed by atoms with Crippen LogP contribution in [0.5, 0.6) is 5.75 Å². The Hall–Kier alpha value is -3.98. The van der Waals surface area contributed by atoms with Gasteiger partial charge in [0.15, 0.2) is 0 Å². The van der Waals surface area contributed by atoms with Gasteiger partial charge in [-0.3, -0.25) is 9.59 Å². The molecule has 1 aromatic carbocycles. The Morgan fingerprint density at radius 1 is 1.00 bits per heavy atom. The largest absolute Gasteiger partial charge is 0.512 e. The summed E-state index contributed by atoms with van der Waals surface area (Å²) in [5.74, 6) is 5.15. The number of allylic oxidation sites excluding steroid dienone is 6. The molecule has 214 valence electrons. The zero-order chi connectivity index (χ0) is 29.7. The number of fused-ring (bicyclic) bond motifs is 1. The van der Waals surface area contributed by atoms with Crippen molar-refractivity contribution in [2.24, 2.45) is 0 Å². The van der Waals surface area contributed by atoms with Crippen LogP contribution in [0.2, 0.25) is 0 Å². The molecule has 1 aliphatic heterocycles. The number of phenols is 1. The van der Waals surface area contributed by atoms with Crippen LogP contribution in [0.15, 0.2) is 77.1 Å². The maximum atomic E-state index is 14.1. The molecule has 40 heavy (non-hydrogen) atoms. The number of rotatable bonds is 8. The van der Waals surface area contributed by atoms with E-state index in [0.717, 1.165) is 31.3 Å². The molecule has 6 heteroatoms. The smallest absolute Gasteiger partial charge is 0.257 e. The summed E-state index contributed by atoms with van der Waals surface area (Å²) in [5, 5.41) is 21.4. The average Bonchev–Trinajstić information content (AvgIpc) is 2.88. The highest BCUT2D eigenvalue weighted by Crippen LogP contribution is 2.33. The molecule has 0 aromatic heterocycles. The fraction of sp³-hybridized carbons (Fsp3) is 0.412. The van der Waals surface area contributed by atoms with Gasteiger partial charge in [-0.05, 0) is 78.5 Å². The van der Waals surface area contributed by atoms with Crippen molar-refractivity contribution >= 4 is 17.5 Å². The van der Waals surface area contributed by atoms with Crippen molar-refractivity contribution in [2.45, 2.75) is 79.7 Å². The molecule has 2 amide bonds. The molecule has 0 radical (unpaired) electrons. The molecule has 1 atom stereocenters. The van der Waals surface area contributed by atoms with E-state index in [2.05, 4.69) is 44.8 Å². The second kappa shape index (κ2) is 16.2. The molecule has 1 aliphatic rings. The molecule has 0 fully saturated rings. The van der Waals surface area contributed by atoms with Gasteiger partial charge in [-0.1, -0.05) is 59.1 Å². The number of nitrogens with zero attached hydrogens (tertiary/aromatic N) is 2. The van der Waals surface area contributed by atoms with E-state index in [1.54, 1.807) is 42.2 Å². The normalized spacial score (nSPS) is 18.8. The third kappa shape index (κ3) is 9.96. The summed E-state index contributed by atoms with van der Waals surface area (Å²) in [4.78, 5) is 29.6. The van der Waals surface area contributed by atoms with Gasteiger partial charge in [-0.2, -0.15) is 0 Å². The van der Waals surface area contributed by atoms with Crippen molar-refractivity contribution in [3.8, 4) is 17.6 Å². The predicted molar refractivity (Wildman–Crippen MR) is 164 cm³/mol. The van der Waals surface area contributed by atoms with E-state index in [9.17, 15) is 19.8 Å². The molecule has 0 saturated heterocycles. The Labute approximate surface area is 240 Å². The number of benzene rings is 1. The summed E-state index contributed by atoms with van der Waals surface area (Å²) in [6, 6.07) is 3.96. The Morgan fingerprint density at radius 3 is 2.33 bits per heavy atom. The van der Waals surface area contributed by atoms with Gasteiger partial charge in [-0.25, -0.2) is 0 Å². The van der Waals surface area contributed by atoms with Crippen LogP contribution < -0.4 is 4.90 Å². The van der Waals surface area contributed by atoms with E-state index in [1.807, 2.05) is 13.0 Å². The third-order valence-electron chi connectivity index (χ3n) is 6.68. The van der Waals surface area contributed by atoms with Gasteiger partial charge in [0.1, 0.15) is 11.8 Å². The van der Waals surface area contributed by atoms with Crippen LogP contribution in [-0.4, -0.2) is 46.1 Å². The van der Waals surface area contributed by atoms with Gasteiger partial charge in [0, 0.05) is 26.4 Å². The van der Waals surface area contributed by atoms with Crippen LogP contribution in [-0.2, 0) is 4.79 Å². The van der Waals surface area contributed by atoms with Crippen molar-refractivity contribution in [1.29, 1.82) is 0 Å². The molecule has 1 unspecified atom stereocenters. The number of para-hydroxylation sites is 1. The minimum Gasteiger partial charge on any atom is -0.512 e. The van der Waals surface area contributed by atoms with Crippen LogP contribution in [0.1, 0.15) is 84.0 Å². The zero-order valence-corrected chi connectivity index (χ0v) is 24.8. The highest BCUT2D eigenvalue weighted by Gasteiger charge is 2.28. The summed E-state index contributed by atoms with van der Waals surface area (Å²) in [6.07, 6.45) is 15.7. The van der Waals surface area contributed by atoms with Gasteiger partial charge < -0.3 is 20.0 Å². The van der Waals surface area contributed by atoms with Gasteiger partial charge in [0.25, 0.3) is 5.91 Å². The van der Waals surface area contributed by atoms with Crippen LogP contribution in [0.4, 0.5) is 5.69 Å². The van der Waals surface area contributed by atoms with Crippen LogP contribution in [0, 0.1) is 11.8 Å². The third-order valence-corrected chi connectivity index (χ3v) is 6.68. The molecule has 2 N–H and O–H groups in total. The topological polar surface area (TPSA) is 81.1 Å². The van der Waals surface area contributed by atoms with E-state index in [4.69, 9.17) is 0 Å². The number of anilines is 1. The number of aromatic hydroxyl groups is 1. The lowest BCUT2D eigenvalue weighted by Gasteiger charge is -2.30. The maximum absolute atomic E-state index is 14.1. The first-order valence-corrected chi connectivity index (χ1v) is 13.9. The highest BCUT2D eigenvalue weighted by atomic mass is 16.3. The monoisotopic (exact) mass is 544 g/mol. The molecule has 0 saturated carbocycles. The molecular weight excluding hydrogens is 500 g/mol. The Morgan fingerprint density at radius 2 is 1.68 bits per heavy atom. The van der Waals surface area contributed by atoms with Gasteiger partial charge in [0.05, 0.1) is 17.0 Å². The van der Waals surface area contributed by atoms with Crippen molar-refractivity contribution in [1.82, 2.24) is 4.90 Å². The summed E-state index contributed by atoms with van der Waals surface area (Å²) in [7, 11) is 0. The van der Waals surface area contributed by atoms with Crippen molar-refractivity contribution < 1.29 is 19.8 Å². The second-order valence-electron chi connectivity index (χ2n) is 10.4. The zero-order valence-electron chi connectivity index (χ0n) is 24.8. The minimum atomic E-state index is -0.701. The molecular formula is C34H44N2O4. The fourth-order valence-corrected chi connectivity index (χ4v) is 4.43. The summed E-state index contributed by atoms with van der Waals surface area (Å²) in [6.45, 7) is 11.9. The van der Waals surface area contributed by atoms with Gasteiger partial charge in [0.2, 0.25) is 5.91 Å². The quantitative estimate of drug-likeness (QED) is 0.264. The Balaban J connectivity index is 2.42. The number of carbonyl (C=O) groups excluding carboxylic acids is 2. The minimum absolute atomic E-state index is 0.0855. The standard InChI is InChI=1S/C34H44N2O4/c1-7-13-29-24-30(38)18-8-9-22-35(28(6)37)33-31(19-12-20-32(33)39)34(40)36(29)23-21-27(5)17-11-16-26(4)15-10-14-25(2)3/h8-9,12,14,16,19-21,24,29,38-39H,10-11,15,17-18,22-23H2,1-6H3/b9-8-,26-16+,27-21+,30-24+. The Bertz CT molecular complexity index is 1270. The molecule has 0 bridgehead atoms. The highest BCUT2D eigenvalue weighted by molar-refractivity contribution is 6.06. The van der Waals surface area contributed by atoms with E-state index in [0.29, 0.717) is 0 Å². The first-order chi connectivity index (χ1) is 19.0. The van der Waals surface area contributed by atoms with Gasteiger partial charge in [-0.15, -0.1) is 5.92 Å². The second-order valence-corrected chi connectivity index (χ2v) is 10.4. The van der Waals surface area contributed by atoms with Crippen LogP contribution >= 0.6 is 0 Å².